The Bertz CT molecular complexity index is 366. The molecular weight excluding hydrogens is 204 g/mol. The molecule has 2 heterocycles. The lowest BCUT2D eigenvalue weighted by Crippen LogP contribution is -2.27. The Morgan fingerprint density at radius 2 is 2.25 bits per heavy atom. The van der Waals surface area contributed by atoms with Crippen molar-refractivity contribution in [3.8, 4) is 0 Å². The second kappa shape index (κ2) is 4.55. The number of carbonyl (C=O) groups excluding carboxylic acids is 1. The lowest BCUT2D eigenvalue weighted by molar-refractivity contribution is -0.120. The van der Waals surface area contributed by atoms with Crippen LogP contribution in [-0.2, 0) is 4.79 Å². The number of nitrogens with one attached hydrogen (secondary N) is 3. The van der Waals surface area contributed by atoms with Gasteiger partial charge in [0.05, 0.1) is 17.1 Å². The summed E-state index contributed by atoms with van der Waals surface area (Å²) in [6, 6.07) is 0.220. The smallest absolute Gasteiger partial charge is 0.222 e. The van der Waals surface area contributed by atoms with Crippen LogP contribution in [0.25, 0.3) is 0 Å². The lowest BCUT2D eigenvalue weighted by atomic mass is 10.1. The van der Waals surface area contributed by atoms with Gasteiger partial charge in [-0.3, -0.25) is 9.89 Å². The molecule has 1 saturated heterocycles. The SMILES string of the molecule is Cc1n[nH]c(C)c1NC1CCCNC(=O)C1. The predicted octanol–water partition coefficient (Wildman–Crippen LogP) is 1.11. The second-order valence-corrected chi connectivity index (χ2v) is 4.35. The zero-order valence-corrected chi connectivity index (χ0v) is 9.76. The Labute approximate surface area is 95.0 Å². The summed E-state index contributed by atoms with van der Waals surface area (Å²) in [5.74, 6) is 0.133. The molecular formula is C11H18N4O. The van der Waals surface area contributed by atoms with Crippen LogP contribution >= 0.6 is 0 Å². The van der Waals surface area contributed by atoms with Gasteiger partial charge in [0.25, 0.3) is 0 Å². The van der Waals surface area contributed by atoms with Crippen LogP contribution in [0.4, 0.5) is 5.69 Å². The van der Waals surface area contributed by atoms with E-state index in [0.717, 1.165) is 36.5 Å². The molecule has 1 amide bonds. The van der Waals surface area contributed by atoms with E-state index in [0.29, 0.717) is 6.42 Å². The van der Waals surface area contributed by atoms with Crippen LogP contribution in [-0.4, -0.2) is 28.7 Å². The van der Waals surface area contributed by atoms with E-state index in [1.54, 1.807) is 0 Å². The van der Waals surface area contributed by atoms with Gasteiger partial charge >= 0.3 is 0 Å². The van der Waals surface area contributed by atoms with E-state index in [1.807, 2.05) is 13.8 Å². The van der Waals surface area contributed by atoms with Crippen molar-refractivity contribution in [2.24, 2.45) is 0 Å². The summed E-state index contributed by atoms with van der Waals surface area (Å²) in [4.78, 5) is 11.4. The average Bonchev–Trinajstić information content (AvgIpc) is 2.47. The van der Waals surface area contributed by atoms with Crippen molar-refractivity contribution >= 4 is 11.6 Å². The third kappa shape index (κ3) is 2.35. The van der Waals surface area contributed by atoms with Crippen LogP contribution < -0.4 is 10.6 Å². The number of anilines is 1. The number of carbonyl (C=O) groups is 1. The highest BCUT2D eigenvalue weighted by Gasteiger charge is 2.19. The minimum Gasteiger partial charge on any atom is -0.379 e. The van der Waals surface area contributed by atoms with E-state index >= 15 is 0 Å². The van der Waals surface area contributed by atoms with Crippen LogP contribution in [0, 0.1) is 13.8 Å². The van der Waals surface area contributed by atoms with Gasteiger partial charge in [0, 0.05) is 19.0 Å². The molecule has 1 aromatic rings. The van der Waals surface area contributed by atoms with E-state index in [9.17, 15) is 4.79 Å². The molecule has 5 nitrogen and oxygen atoms in total. The first-order chi connectivity index (χ1) is 7.66. The van der Waals surface area contributed by atoms with Crippen molar-refractivity contribution in [1.82, 2.24) is 15.5 Å². The number of hydrogen-bond acceptors (Lipinski definition) is 3. The topological polar surface area (TPSA) is 69.8 Å². The molecule has 0 aliphatic carbocycles. The second-order valence-electron chi connectivity index (χ2n) is 4.35. The van der Waals surface area contributed by atoms with E-state index < -0.39 is 0 Å². The molecule has 1 aliphatic heterocycles. The van der Waals surface area contributed by atoms with Crippen molar-refractivity contribution in [1.29, 1.82) is 0 Å². The molecule has 0 aromatic carbocycles. The van der Waals surface area contributed by atoms with Gasteiger partial charge in [-0.05, 0) is 26.7 Å². The summed E-state index contributed by atoms with van der Waals surface area (Å²) >= 11 is 0. The van der Waals surface area contributed by atoms with Gasteiger partial charge in [-0.2, -0.15) is 5.10 Å². The third-order valence-corrected chi connectivity index (χ3v) is 2.96. The molecule has 0 saturated carbocycles. The monoisotopic (exact) mass is 222 g/mol. The van der Waals surface area contributed by atoms with Crippen LogP contribution in [0.3, 0.4) is 0 Å². The number of hydrogen-bond donors (Lipinski definition) is 3. The number of aryl methyl sites for hydroxylation is 2. The van der Waals surface area contributed by atoms with Crippen molar-refractivity contribution in [2.45, 2.75) is 39.2 Å². The first-order valence-electron chi connectivity index (χ1n) is 5.71. The van der Waals surface area contributed by atoms with Crippen LogP contribution in [0.5, 0.6) is 0 Å². The van der Waals surface area contributed by atoms with E-state index in [1.165, 1.54) is 0 Å². The maximum Gasteiger partial charge on any atom is 0.222 e. The van der Waals surface area contributed by atoms with Gasteiger partial charge in [-0.25, -0.2) is 0 Å². The first-order valence-corrected chi connectivity index (χ1v) is 5.71. The summed E-state index contributed by atoms with van der Waals surface area (Å²) in [7, 11) is 0. The van der Waals surface area contributed by atoms with Crippen LogP contribution in [0.1, 0.15) is 30.7 Å². The van der Waals surface area contributed by atoms with Crippen LogP contribution in [0.2, 0.25) is 0 Å². The summed E-state index contributed by atoms with van der Waals surface area (Å²) in [5.41, 5.74) is 3.03. The fourth-order valence-electron chi connectivity index (χ4n) is 2.07. The summed E-state index contributed by atoms with van der Waals surface area (Å²) < 4.78 is 0. The minimum absolute atomic E-state index is 0.133. The Morgan fingerprint density at radius 1 is 1.44 bits per heavy atom. The van der Waals surface area contributed by atoms with Gasteiger partial charge in [-0.15, -0.1) is 0 Å². The lowest BCUT2D eigenvalue weighted by Gasteiger charge is -2.16. The third-order valence-electron chi connectivity index (χ3n) is 2.96. The van der Waals surface area contributed by atoms with Crippen molar-refractivity contribution < 1.29 is 4.79 Å². The summed E-state index contributed by atoms with van der Waals surface area (Å²) in [5, 5.41) is 13.4. The fraction of sp³-hybridized carbons (Fsp3) is 0.636. The summed E-state index contributed by atoms with van der Waals surface area (Å²) in [6.45, 7) is 4.74. The molecule has 1 aliphatic rings. The molecule has 0 spiro atoms. The van der Waals surface area contributed by atoms with E-state index in [4.69, 9.17) is 0 Å². The highest BCUT2D eigenvalue weighted by atomic mass is 16.1. The molecule has 1 atom stereocenters. The fourth-order valence-corrected chi connectivity index (χ4v) is 2.07. The Morgan fingerprint density at radius 3 is 2.94 bits per heavy atom. The Hall–Kier alpha value is -1.52. The zero-order chi connectivity index (χ0) is 11.5. The molecule has 0 radical (unpaired) electrons. The van der Waals surface area contributed by atoms with Crippen molar-refractivity contribution in [3.63, 3.8) is 0 Å². The molecule has 0 bridgehead atoms. The highest BCUT2D eigenvalue weighted by molar-refractivity contribution is 5.77. The largest absolute Gasteiger partial charge is 0.379 e. The van der Waals surface area contributed by atoms with Gasteiger partial charge < -0.3 is 10.6 Å². The van der Waals surface area contributed by atoms with Gasteiger partial charge in [-0.1, -0.05) is 0 Å². The summed E-state index contributed by atoms with van der Waals surface area (Å²) in [6.07, 6.45) is 2.59. The Balaban J connectivity index is 2.06. The van der Waals surface area contributed by atoms with Gasteiger partial charge in [0.2, 0.25) is 5.91 Å². The highest BCUT2D eigenvalue weighted by Crippen LogP contribution is 2.20. The molecule has 5 heteroatoms. The number of aromatic amines is 1. The number of rotatable bonds is 2. The molecule has 88 valence electrons. The maximum absolute atomic E-state index is 11.4. The predicted molar refractivity (Wildman–Crippen MR) is 62.3 cm³/mol. The molecule has 2 rings (SSSR count). The van der Waals surface area contributed by atoms with Crippen LogP contribution in [0.15, 0.2) is 0 Å². The number of amides is 1. The minimum atomic E-state index is 0.133. The molecule has 1 aromatic heterocycles. The standard InChI is InChI=1S/C11H18N4O/c1-7-11(8(2)15-14-7)13-9-4-3-5-12-10(16)6-9/h9,13H,3-6H2,1-2H3,(H,12,16)(H,14,15). The zero-order valence-electron chi connectivity index (χ0n) is 9.76. The molecule has 1 fully saturated rings. The molecule has 16 heavy (non-hydrogen) atoms. The van der Waals surface area contributed by atoms with Crippen molar-refractivity contribution in [3.05, 3.63) is 11.4 Å². The van der Waals surface area contributed by atoms with Gasteiger partial charge in [0.15, 0.2) is 0 Å². The number of nitrogens with zero attached hydrogens (tertiary/aromatic N) is 1. The first kappa shape index (κ1) is 11.0. The van der Waals surface area contributed by atoms with Gasteiger partial charge in [0.1, 0.15) is 0 Å². The number of H-pyrrole nitrogens is 1. The van der Waals surface area contributed by atoms with E-state index in [2.05, 4.69) is 20.8 Å². The molecule has 3 N–H and O–H groups in total. The Kier molecular flexibility index (Phi) is 3.12. The molecule has 1 unspecified atom stereocenters. The van der Waals surface area contributed by atoms with Crippen molar-refractivity contribution in [2.75, 3.05) is 11.9 Å². The normalized spacial score (nSPS) is 21.4. The number of aromatic nitrogens is 2. The quantitative estimate of drug-likeness (QED) is 0.702. The van der Waals surface area contributed by atoms with E-state index in [-0.39, 0.29) is 11.9 Å². The maximum atomic E-state index is 11.4. The average molecular weight is 222 g/mol.